The summed E-state index contributed by atoms with van der Waals surface area (Å²) in [7, 11) is 1.43. The highest BCUT2D eigenvalue weighted by Gasteiger charge is 2.33. The van der Waals surface area contributed by atoms with Crippen LogP contribution in [0.5, 0.6) is 5.75 Å². The van der Waals surface area contributed by atoms with Gasteiger partial charge in [0.15, 0.2) is 0 Å². The Balaban J connectivity index is 1.79. The summed E-state index contributed by atoms with van der Waals surface area (Å²) in [6.45, 7) is 1.08. The average molecular weight is 342 g/mol. The minimum Gasteiger partial charge on any atom is -0.496 e. The quantitative estimate of drug-likeness (QED) is 0.885. The number of aliphatic hydroxyl groups excluding tert-OH is 1. The molecule has 25 heavy (non-hydrogen) atoms. The van der Waals surface area contributed by atoms with Crippen molar-refractivity contribution in [2.45, 2.75) is 12.3 Å². The number of piperidine rings is 1. The Morgan fingerprint density at radius 3 is 2.80 bits per heavy atom. The number of nitrogens with one attached hydrogen (secondary N) is 1. The minimum absolute atomic E-state index is 0.0196. The number of methoxy groups -OCH3 is 1. The van der Waals surface area contributed by atoms with Crippen LogP contribution < -0.4 is 10.3 Å². The lowest BCUT2D eigenvalue weighted by Gasteiger charge is -2.38. The van der Waals surface area contributed by atoms with E-state index in [-0.39, 0.29) is 35.7 Å². The van der Waals surface area contributed by atoms with Gasteiger partial charge in [0.2, 0.25) is 0 Å². The molecule has 1 aromatic carbocycles. The second kappa shape index (κ2) is 7.53. The number of ether oxygens (including phenoxy) is 1. The van der Waals surface area contributed by atoms with E-state index in [0.717, 1.165) is 6.42 Å². The highest BCUT2D eigenvalue weighted by Crippen LogP contribution is 2.33. The third-order valence-corrected chi connectivity index (χ3v) is 4.82. The molecule has 2 heterocycles. The zero-order valence-corrected chi connectivity index (χ0v) is 14.1. The fourth-order valence-corrected chi connectivity index (χ4v) is 3.50. The molecule has 2 atom stereocenters. The van der Waals surface area contributed by atoms with Gasteiger partial charge in [-0.25, -0.2) is 0 Å². The Morgan fingerprint density at radius 1 is 1.36 bits per heavy atom. The SMILES string of the molecule is COc1cc(=O)[nH]cc1C(=O)N1CC[C@H](c2ccccc2)[C@H](CO)C1. The topological polar surface area (TPSA) is 82.6 Å². The number of hydrogen-bond acceptors (Lipinski definition) is 4. The Bertz CT molecular complexity index is 788. The second-order valence-corrected chi connectivity index (χ2v) is 6.28. The van der Waals surface area contributed by atoms with Gasteiger partial charge in [-0.2, -0.15) is 0 Å². The van der Waals surface area contributed by atoms with Crippen molar-refractivity contribution in [2.24, 2.45) is 5.92 Å². The lowest BCUT2D eigenvalue weighted by Crippen LogP contribution is -2.44. The first-order valence-electron chi connectivity index (χ1n) is 8.36. The van der Waals surface area contributed by atoms with Gasteiger partial charge in [-0.05, 0) is 17.9 Å². The molecular weight excluding hydrogens is 320 g/mol. The highest BCUT2D eigenvalue weighted by molar-refractivity contribution is 5.96. The predicted octanol–water partition coefficient (Wildman–Crippen LogP) is 1.62. The second-order valence-electron chi connectivity index (χ2n) is 6.28. The monoisotopic (exact) mass is 342 g/mol. The van der Waals surface area contributed by atoms with E-state index in [9.17, 15) is 14.7 Å². The molecule has 0 radical (unpaired) electrons. The van der Waals surface area contributed by atoms with Crippen LogP contribution >= 0.6 is 0 Å². The van der Waals surface area contributed by atoms with Crippen LogP contribution in [0.15, 0.2) is 47.4 Å². The van der Waals surface area contributed by atoms with Crippen molar-refractivity contribution in [1.29, 1.82) is 0 Å². The lowest BCUT2D eigenvalue weighted by molar-refractivity contribution is 0.0574. The summed E-state index contributed by atoms with van der Waals surface area (Å²) in [5.41, 5.74) is 1.21. The number of aliphatic hydroxyl groups is 1. The molecule has 1 amide bonds. The molecule has 3 rings (SSSR count). The molecule has 0 unspecified atom stereocenters. The fraction of sp³-hybridized carbons (Fsp3) is 0.368. The minimum atomic E-state index is -0.315. The molecule has 1 fully saturated rings. The van der Waals surface area contributed by atoms with Gasteiger partial charge < -0.3 is 19.7 Å². The molecule has 2 aromatic rings. The first-order chi connectivity index (χ1) is 12.1. The third-order valence-electron chi connectivity index (χ3n) is 4.82. The molecule has 6 heteroatoms. The Morgan fingerprint density at radius 2 is 2.12 bits per heavy atom. The van der Waals surface area contributed by atoms with Crippen LogP contribution in [0.25, 0.3) is 0 Å². The van der Waals surface area contributed by atoms with Crippen molar-refractivity contribution in [2.75, 3.05) is 26.8 Å². The molecular formula is C19H22N2O4. The van der Waals surface area contributed by atoms with E-state index in [1.165, 1.54) is 24.9 Å². The van der Waals surface area contributed by atoms with Crippen LogP contribution in [-0.2, 0) is 0 Å². The van der Waals surface area contributed by atoms with Gasteiger partial charge in [0, 0.05) is 37.9 Å². The molecule has 0 saturated carbocycles. The van der Waals surface area contributed by atoms with Crippen molar-refractivity contribution in [3.8, 4) is 5.75 Å². The fourth-order valence-electron chi connectivity index (χ4n) is 3.50. The highest BCUT2D eigenvalue weighted by atomic mass is 16.5. The number of benzene rings is 1. The van der Waals surface area contributed by atoms with E-state index in [2.05, 4.69) is 17.1 Å². The van der Waals surface area contributed by atoms with Crippen LogP contribution in [0.1, 0.15) is 28.3 Å². The smallest absolute Gasteiger partial charge is 0.259 e. The van der Waals surface area contributed by atoms with Gasteiger partial charge >= 0.3 is 0 Å². The molecule has 0 aliphatic carbocycles. The first-order valence-corrected chi connectivity index (χ1v) is 8.36. The summed E-state index contributed by atoms with van der Waals surface area (Å²) < 4.78 is 5.16. The standard InChI is InChI=1S/C19H22N2O4/c1-25-17-9-18(23)20-10-16(17)19(24)21-8-7-15(14(11-21)12-22)13-5-3-2-4-6-13/h2-6,9-10,14-15,22H,7-8,11-12H2,1H3,(H,20,23)/t14-,15+/m0/s1. The maximum atomic E-state index is 12.8. The van der Waals surface area contributed by atoms with Gasteiger partial charge in [0.1, 0.15) is 5.75 Å². The molecule has 1 aromatic heterocycles. The van der Waals surface area contributed by atoms with E-state index in [1.807, 2.05) is 18.2 Å². The van der Waals surface area contributed by atoms with Crippen molar-refractivity contribution < 1.29 is 14.6 Å². The zero-order chi connectivity index (χ0) is 17.8. The van der Waals surface area contributed by atoms with Crippen molar-refractivity contribution >= 4 is 5.91 Å². The van der Waals surface area contributed by atoms with Crippen LogP contribution in [0.4, 0.5) is 0 Å². The summed E-state index contributed by atoms with van der Waals surface area (Å²) >= 11 is 0. The maximum Gasteiger partial charge on any atom is 0.259 e. The normalized spacial score (nSPS) is 20.3. The average Bonchev–Trinajstić information content (AvgIpc) is 2.67. The summed E-state index contributed by atoms with van der Waals surface area (Å²) in [4.78, 5) is 28.5. The predicted molar refractivity (Wildman–Crippen MR) is 93.9 cm³/mol. The largest absolute Gasteiger partial charge is 0.496 e. The van der Waals surface area contributed by atoms with E-state index in [0.29, 0.717) is 18.7 Å². The van der Waals surface area contributed by atoms with E-state index < -0.39 is 0 Å². The number of aromatic amines is 1. The third kappa shape index (κ3) is 3.58. The van der Waals surface area contributed by atoms with Gasteiger partial charge in [0.25, 0.3) is 11.5 Å². The molecule has 1 aliphatic heterocycles. The summed E-state index contributed by atoms with van der Waals surface area (Å²) in [6.07, 6.45) is 2.17. The number of nitrogens with zero attached hydrogens (tertiary/aromatic N) is 1. The number of pyridine rings is 1. The number of rotatable bonds is 4. The van der Waals surface area contributed by atoms with Crippen LogP contribution in [0, 0.1) is 5.92 Å². The Kier molecular flexibility index (Phi) is 5.19. The Labute approximate surface area is 146 Å². The van der Waals surface area contributed by atoms with Gasteiger partial charge in [-0.3, -0.25) is 9.59 Å². The number of H-pyrrole nitrogens is 1. The van der Waals surface area contributed by atoms with Crippen LogP contribution in [0.3, 0.4) is 0 Å². The molecule has 0 spiro atoms. The first kappa shape index (κ1) is 17.2. The van der Waals surface area contributed by atoms with Crippen LogP contribution in [-0.4, -0.2) is 47.7 Å². The Hall–Kier alpha value is -2.60. The number of likely N-dealkylation sites (tertiary alicyclic amines) is 1. The van der Waals surface area contributed by atoms with E-state index >= 15 is 0 Å². The van der Waals surface area contributed by atoms with Crippen molar-refractivity contribution in [3.63, 3.8) is 0 Å². The molecule has 1 aliphatic rings. The number of amides is 1. The summed E-state index contributed by atoms with van der Waals surface area (Å²) in [5, 5.41) is 9.82. The van der Waals surface area contributed by atoms with Crippen molar-refractivity contribution in [1.82, 2.24) is 9.88 Å². The van der Waals surface area contributed by atoms with E-state index in [1.54, 1.807) is 4.90 Å². The summed E-state index contributed by atoms with van der Waals surface area (Å²) in [6, 6.07) is 11.4. The number of carbonyl (C=O) groups excluding carboxylic acids is 1. The number of aromatic nitrogens is 1. The van der Waals surface area contributed by atoms with Gasteiger partial charge in [0.05, 0.1) is 12.7 Å². The van der Waals surface area contributed by atoms with E-state index in [4.69, 9.17) is 4.74 Å². The number of carbonyl (C=O) groups is 1. The molecule has 6 nitrogen and oxygen atoms in total. The number of hydrogen-bond donors (Lipinski definition) is 2. The molecule has 132 valence electrons. The lowest BCUT2D eigenvalue weighted by atomic mass is 9.81. The molecule has 0 bridgehead atoms. The molecule has 1 saturated heterocycles. The van der Waals surface area contributed by atoms with Gasteiger partial charge in [-0.15, -0.1) is 0 Å². The van der Waals surface area contributed by atoms with Crippen molar-refractivity contribution in [3.05, 3.63) is 64.1 Å². The maximum absolute atomic E-state index is 12.8. The molecule has 2 N–H and O–H groups in total. The summed E-state index contributed by atoms with van der Waals surface area (Å²) in [5.74, 6) is 0.277. The zero-order valence-electron chi connectivity index (χ0n) is 14.1. The van der Waals surface area contributed by atoms with Gasteiger partial charge in [-0.1, -0.05) is 30.3 Å². The van der Waals surface area contributed by atoms with Crippen LogP contribution in [0.2, 0.25) is 0 Å².